The summed E-state index contributed by atoms with van der Waals surface area (Å²) in [5, 5.41) is 0.882. The van der Waals surface area contributed by atoms with E-state index in [1.54, 1.807) is 39.0 Å². The van der Waals surface area contributed by atoms with Crippen molar-refractivity contribution in [3.8, 4) is 0 Å². The first-order valence-electron chi connectivity index (χ1n) is 13.6. The first kappa shape index (κ1) is 30.5. The molecule has 2 aromatic carbocycles. The summed E-state index contributed by atoms with van der Waals surface area (Å²) >= 11 is 12.4. The maximum atomic E-state index is 14.1. The van der Waals surface area contributed by atoms with Gasteiger partial charge in [0.1, 0.15) is 6.04 Å². The average molecular weight is 600 g/mol. The zero-order chi connectivity index (χ0) is 29.2. The van der Waals surface area contributed by atoms with Crippen LogP contribution in [0.3, 0.4) is 0 Å². The van der Waals surface area contributed by atoms with Crippen LogP contribution in [0, 0.1) is 5.92 Å². The Labute approximate surface area is 243 Å². The number of nitrogens with zero attached hydrogens (tertiary/aromatic N) is 3. The van der Waals surface area contributed by atoms with E-state index in [9.17, 15) is 22.8 Å². The molecule has 2 saturated heterocycles. The third-order valence-corrected chi connectivity index (χ3v) is 8.19. The fourth-order valence-corrected chi connectivity index (χ4v) is 6.15. The zero-order valence-electron chi connectivity index (χ0n) is 22.7. The van der Waals surface area contributed by atoms with Crippen LogP contribution in [0.1, 0.15) is 55.8 Å². The van der Waals surface area contributed by atoms with Crippen molar-refractivity contribution in [1.29, 1.82) is 0 Å². The molecule has 2 aliphatic heterocycles. The van der Waals surface area contributed by atoms with Crippen molar-refractivity contribution in [3.63, 3.8) is 0 Å². The van der Waals surface area contributed by atoms with Crippen LogP contribution in [0.2, 0.25) is 10.0 Å². The number of likely N-dealkylation sites (tertiary alicyclic amines) is 1. The highest BCUT2D eigenvalue weighted by Gasteiger charge is 2.40. The number of nitrogens with two attached hydrogens (primary N) is 1. The molecule has 218 valence electrons. The molecule has 4 rings (SSSR count). The largest absolute Gasteiger partial charge is 0.418 e. The summed E-state index contributed by atoms with van der Waals surface area (Å²) < 4.78 is 42.3. The molecule has 40 heavy (non-hydrogen) atoms. The molecule has 2 fully saturated rings. The second-order valence-corrected chi connectivity index (χ2v) is 11.8. The second kappa shape index (κ2) is 12.6. The lowest BCUT2D eigenvalue weighted by Crippen LogP contribution is -2.56. The Bertz CT molecular complexity index is 1230. The van der Waals surface area contributed by atoms with Crippen LogP contribution in [0.5, 0.6) is 0 Å². The van der Waals surface area contributed by atoms with Gasteiger partial charge in [-0.15, -0.1) is 0 Å². The van der Waals surface area contributed by atoms with Crippen molar-refractivity contribution in [2.24, 2.45) is 11.7 Å². The number of alkyl halides is 3. The Morgan fingerprint density at radius 2 is 1.75 bits per heavy atom. The fraction of sp³-hybridized carbons (Fsp3) is 0.517. The molecule has 2 heterocycles. The number of para-hydroxylation sites is 1. The number of carbonyl (C=O) groups is 2. The lowest BCUT2D eigenvalue weighted by Gasteiger charge is -2.41. The van der Waals surface area contributed by atoms with Gasteiger partial charge in [0.25, 0.3) is 0 Å². The summed E-state index contributed by atoms with van der Waals surface area (Å²) in [4.78, 5) is 31.4. The van der Waals surface area contributed by atoms with Gasteiger partial charge in [0.05, 0.1) is 11.3 Å². The molecular weight excluding hydrogens is 564 g/mol. The normalized spacial score (nSPS) is 18.0. The molecule has 0 aliphatic carbocycles. The quantitative estimate of drug-likeness (QED) is 0.408. The highest BCUT2D eigenvalue weighted by molar-refractivity contribution is 6.35. The van der Waals surface area contributed by atoms with Gasteiger partial charge in [-0.3, -0.25) is 9.59 Å². The van der Waals surface area contributed by atoms with Crippen molar-refractivity contribution >= 4 is 40.7 Å². The van der Waals surface area contributed by atoms with Gasteiger partial charge in [-0.25, -0.2) is 0 Å². The molecule has 2 aliphatic rings. The van der Waals surface area contributed by atoms with Gasteiger partial charge >= 0.3 is 6.18 Å². The lowest BCUT2D eigenvalue weighted by atomic mass is 9.93. The Morgan fingerprint density at radius 3 is 2.33 bits per heavy atom. The molecule has 0 radical (unpaired) electrons. The van der Waals surface area contributed by atoms with Crippen molar-refractivity contribution in [3.05, 3.63) is 63.1 Å². The van der Waals surface area contributed by atoms with Gasteiger partial charge in [-0.2, -0.15) is 13.2 Å². The third kappa shape index (κ3) is 6.86. The highest BCUT2D eigenvalue weighted by atomic mass is 35.5. The molecule has 0 bridgehead atoms. The molecule has 2 atom stereocenters. The maximum absolute atomic E-state index is 14.1. The van der Waals surface area contributed by atoms with Crippen LogP contribution in [0.15, 0.2) is 36.4 Å². The Morgan fingerprint density at radius 1 is 1.05 bits per heavy atom. The summed E-state index contributed by atoms with van der Waals surface area (Å²) in [5.41, 5.74) is 6.92. The molecule has 6 nitrogen and oxygen atoms in total. The van der Waals surface area contributed by atoms with Crippen molar-refractivity contribution in [1.82, 2.24) is 9.80 Å². The second-order valence-electron chi connectivity index (χ2n) is 10.9. The van der Waals surface area contributed by atoms with Crippen LogP contribution in [0.4, 0.5) is 18.9 Å². The van der Waals surface area contributed by atoms with Gasteiger partial charge in [-0.1, -0.05) is 55.2 Å². The summed E-state index contributed by atoms with van der Waals surface area (Å²) in [6.45, 7) is 5.29. The Balaban J connectivity index is 1.57. The number of carbonyl (C=O) groups excluding carboxylic acids is 2. The summed E-state index contributed by atoms with van der Waals surface area (Å²) in [7, 11) is 0. The molecule has 2 amide bonds. The zero-order valence-corrected chi connectivity index (χ0v) is 24.2. The molecule has 0 saturated carbocycles. The van der Waals surface area contributed by atoms with Crippen LogP contribution in [0.25, 0.3) is 0 Å². The number of halogens is 5. The number of amides is 2. The Hall–Kier alpha value is -2.49. The SMILES string of the molecule is CC(C)CC(N)c1cccc(C(F)(F)F)c1N1CCN(C(=O)C(Cc2ccc(Cl)cc2Cl)N2CCCC2=O)CC1. The third-order valence-electron chi connectivity index (χ3n) is 7.60. The lowest BCUT2D eigenvalue weighted by molar-refractivity contribution is -0.143. The van der Waals surface area contributed by atoms with Crippen LogP contribution in [-0.2, 0) is 22.2 Å². The predicted molar refractivity (Wildman–Crippen MR) is 152 cm³/mol. The number of hydrogen-bond donors (Lipinski definition) is 1. The van der Waals surface area contributed by atoms with Gasteiger partial charge in [-0.05, 0) is 48.1 Å². The molecule has 2 N–H and O–H groups in total. The summed E-state index contributed by atoms with van der Waals surface area (Å²) in [5.74, 6) is -0.113. The number of piperazine rings is 1. The minimum Gasteiger partial charge on any atom is -0.367 e. The molecule has 2 unspecified atom stereocenters. The Kier molecular flexibility index (Phi) is 9.58. The number of hydrogen-bond acceptors (Lipinski definition) is 4. The van der Waals surface area contributed by atoms with Crippen molar-refractivity contribution < 1.29 is 22.8 Å². The minimum atomic E-state index is -4.55. The number of anilines is 1. The van der Waals surface area contributed by atoms with Gasteiger partial charge in [0.2, 0.25) is 11.8 Å². The van der Waals surface area contributed by atoms with E-state index in [4.69, 9.17) is 28.9 Å². The molecule has 0 spiro atoms. The first-order chi connectivity index (χ1) is 18.9. The van der Waals surface area contributed by atoms with Crippen LogP contribution in [-0.4, -0.2) is 60.4 Å². The number of rotatable bonds is 8. The van der Waals surface area contributed by atoms with E-state index in [0.29, 0.717) is 47.0 Å². The van der Waals surface area contributed by atoms with Crippen LogP contribution < -0.4 is 10.6 Å². The van der Waals surface area contributed by atoms with Crippen LogP contribution >= 0.6 is 23.2 Å². The standard InChI is InChI=1S/C29H35Cl2F3N4O2/c1-18(2)15-24(35)21-5-3-6-22(29(32,33)34)27(21)36-11-13-37(14-12-36)28(40)25(38-10-4-7-26(38)39)16-19-8-9-20(30)17-23(19)31/h3,5-6,8-9,17-18,24-25H,4,7,10-16,35H2,1-2H3. The fourth-order valence-electron chi connectivity index (χ4n) is 5.66. The number of benzene rings is 2. The predicted octanol–water partition coefficient (Wildman–Crippen LogP) is 5.94. The summed E-state index contributed by atoms with van der Waals surface area (Å²) in [6.07, 6.45) is -2.73. The van der Waals surface area contributed by atoms with E-state index in [1.165, 1.54) is 6.07 Å². The topological polar surface area (TPSA) is 69.9 Å². The van der Waals surface area contributed by atoms with Crippen molar-refractivity contribution in [2.45, 2.75) is 57.8 Å². The monoisotopic (exact) mass is 598 g/mol. The molecule has 11 heteroatoms. The van der Waals surface area contributed by atoms with Gasteiger partial charge in [0, 0.05) is 61.7 Å². The summed E-state index contributed by atoms with van der Waals surface area (Å²) in [6, 6.07) is 7.90. The minimum absolute atomic E-state index is 0.0921. The van der Waals surface area contributed by atoms with Crippen molar-refractivity contribution in [2.75, 3.05) is 37.6 Å². The van der Waals surface area contributed by atoms with E-state index in [-0.39, 0.29) is 56.0 Å². The van der Waals surface area contributed by atoms with E-state index >= 15 is 0 Å². The van der Waals surface area contributed by atoms with E-state index < -0.39 is 23.8 Å². The average Bonchev–Trinajstić information content (AvgIpc) is 3.32. The molecule has 2 aromatic rings. The van der Waals surface area contributed by atoms with E-state index in [2.05, 4.69) is 0 Å². The van der Waals surface area contributed by atoms with Gasteiger partial charge in [0.15, 0.2) is 0 Å². The van der Waals surface area contributed by atoms with E-state index in [0.717, 1.165) is 6.07 Å². The molecular formula is C29H35Cl2F3N4O2. The highest BCUT2D eigenvalue weighted by Crippen LogP contribution is 2.41. The smallest absolute Gasteiger partial charge is 0.367 e. The maximum Gasteiger partial charge on any atom is 0.418 e. The van der Waals surface area contributed by atoms with Gasteiger partial charge < -0.3 is 20.4 Å². The van der Waals surface area contributed by atoms with E-state index in [1.807, 2.05) is 13.8 Å². The first-order valence-corrected chi connectivity index (χ1v) is 14.3. The molecule has 0 aromatic heterocycles.